The molecule has 1 fully saturated rings. The Bertz CT molecular complexity index is 859. The number of amides is 1. The van der Waals surface area contributed by atoms with E-state index < -0.39 is 0 Å². The van der Waals surface area contributed by atoms with E-state index >= 15 is 0 Å². The Labute approximate surface area is 159 Å². The second-order valence-corrected chi connectivity index (χ2v) is 7.74. The summed E-state index contributed by atoms with van der Waals surface area (Å²) >= 11 is 10.3. The molecule has 1 amide bonds. The first-order valence-electron chi connectivity index (χ1n) is 7.33. The zero-order chi connectivity index (χ0) is 17.1. The lowest BCUT2D eigenvalue weighted by Crippen LogP contribution is -2.28. The lowest BCUT2D eigenvalue weighted by molar-refractivity contribution is -0.113. The molecule has 0 saturated carbocycles. The molecule has 1 aliphatic heterocycles. The molecule has 1 aliphatic rings. The van der Waals surface area contributed by atoms with E-state index in [4.69, 9.17) is 12.2 Å². The molecule has 120 valence electrons. The van der Waals surface area contributed by atoms with Gasteiger partial charge in [0.05, 0.1) is 10.6 Å². The molecule has 3 rings (SSSR count). The first-order chi connectivity index (χ1) is 11.6. The zero-order valence-corrected chi connectivity index (χ0v) is 16.1. The molecule has 0 N–H and O–H groups in total. The largest absolute Gasteiger partial charge is 0.270 e. The Balaban J connectivity index is 1.88. The van der Waals surface area contributed by atoms with E-state index in [2.05, 4.69) is 15.9 Å². The smallest absolute Gasteiger partial charge is 0.268 e. The predicted molar refractivity (Wildman–Crippen MR) is 110 cm³/mol. The van der Waals surface area contributed by atoms with Crippen LogP contribution in [0.4, 0.5) is 5.69 Å². The average Bonchev–Trinajstić information content (AvgIpc) is 2.88. The van der Waals surface area contributed by atoms with Crippen LogP contribution in [0.3, 0.4) is 0 Å². The Hall–Kier alpha value is -1.69. The van der Waals surface area contributed by atoms with E-state index in [1.807, 2.05) is 73.7 Å². The van der Waals surface area contributed by atoms with Gasteiger partial charge in [-0.2, -0.15) is 0 Å². The van der Waals surface area contributed by atoms with Gasteiger partial charge in [-0.05, 0) is 36.3 Å². The molecule has 5 heteroatoms. The normalized spacial score (nSPS) is 17.0. The van der Waals surface area contributed by atoms with Gasteiger partial charge in [0.2, 0.25) is 0 Å². The number of aryl methyl sites for hydroxylation is 1. The number of carbonyl (C=O) groups is 1. The first kappa shape index (κ1) is 17.1. The number of hydrogen-bond acceptors (Lipinski definition) is 3. The number of halogens is 1. The third-order valence-electron chi connectivity index (χ3n) is 3.58. The number of rotatable bonds is 3. The minimum absolute atomic E-state index is 0.0797. The molecular weight excluding hydrogens is 402 g/mol. The van der Waals surface area contributed by atoms with Crippen LogP contribution in [0.25, 0.3) is 4.48 Å². The predicted octanol–water partition coefficient (Wildman–Crippen LogP) is 5.68. The number of carbonyl (C=O) groups excluding carboxylic acids is 1. The van der Waals surface area contributed by atoms with E-state index in [0.29, 0.717) is 9.23 Å². The van der Waals surface area contributed by atoms with E-state index in [9.17, 15) is 4.79 Å². The van der Waals surface area contributed by atoms with Crippen LogP contribution in [-0.4, -0.2) is 10.2 Å². The number of benzene rings is 2. The molecule has 0 unspecified atom stereocenters. The van der Waals surface area contributed by atoms with Crippen molar-refractivity contribution in [1.29, 1.82) is 0 Å². The third-order valence-corrected chi connectivity index (χ3v) is 5.62. The lowest BCUT2D eigenvalue weighted by atomic mass is 10.2. The van der Waals surface area contributed by atoms with Crippen molar-refractivity contribution in [2.75, 3.05) is 4.90 Å². The highest BCUT2D eigenvalue weighted by molar-refractivity contribution is 9.15. The minimum atomic E-state index is -0.0797. The molecule has 2 aromatic rings. The van der Waals surface area contributed by atoms with Crippen molar-refractivity contribution < 1.29 is 4.79 Å². The summed E-state index contributed by atoms with van der Waals surface area (Å²) in [5.74, 6) is -0.0797. The number of hydrogen-bond donors (Lipinski definition) is 0. The number of nitrogens with zero attached hydrogens (tertiary/aromatic N) is 1. The summed E-state index contributed by atoms with van der Waals surface area (Å²) in [4.78, 5) is 14.9. The van der Waals surface area contributed by atoms with E-state index in [-0.39, 0.29) is 5.91 Å². The lowest BCUT2D eigenvalue weighted by Gasteiger charge is -2.16. The van der Waals surface area contributed by atoms with Gasteiger partial charge < -0.3 is 0 Å². The number of para-hydroxylation sites is 1. The Morgan fingerprint density at radius 2 is 1.79 bits per heavy atom. The van der Waals surface area contributed by atoms with Crippen LogP contribution >= 0.6 is 39.9 Å². The fraction of sp³-hybridized carbons (Fsp3) is 0.0526. The van der Waals surface area contributed by atoms with Crippen molar-refractivity contribution in [2.24, 2.45) is 0 Å². The van der Waals surface area contributed by atoms with Crippen LogP contribution < -0.4 is 4.90 Å². The molecule has 0 aliphatic carbocycles. The SMILES string of the molecule is Cc1ccccc1N1C(=O)C(=CC=C(Br)c2ccccc2)SC1=S. The summed E-state index contributed by atoms with van der Waals surface area (Å²) in [5, 5.41) is 0. The van der Waals surface area contributed by atoms with Crippen molar-refractivity contribution in [3.05, 3.63) is 82.8 Å². The van der Waals surface area contributed by atoms with E-state index in [0.717, 1.165) is 21.3 Å². The van der Waals surface area contributed by atoms with Gasteiger partial charge in [0.1, 0.15) is 0 Å². The van der Waals surface area contributed by atoms with Gasteiger partial charge in [0.15, 0.2) is 4.32 Å². The topological polar surface area (TPSA) is 20.3 Å². The van der Waals surface area contributed by atoms with Crippen LogP contribution in [-0.2, 0) is 4.79 Å². The summed E-state index contributed by atoms with van der Waals surface area (Å²) < 4.78 is 1.48. The highest BCUT2D eigenvalue weighted by atomic mass is 79.9. The fourth-order valence-electron chi connectivity index (χ4n) is 2.35. The molecule has 1 heterocycles. The molecule has 1 saturated heterocycles. The molecule has 2 aromatic carbocycles. The summed E-state index contributed by atoms with van der Waals surface area (Å²) in [6, 6.07) is 17.7. The highest BCUT2D eigenvalue weighted by Gasteiger charge is 2.33. The van der Waals surface area contributed by atoms with E-state index in [1.54, 1.807) is 4.90 Å². The summed E-state index contributed by atoms with van der Waals surface area (Å²) in [7, 11) is 0. The second kappa shape index (κ2) is 7.47. The van der Waals surface area contributed by atoms with Gasteiger partial charge in [-0.3, -0.25) is 9.69 Å². The number of anilines is 1. The van der Waals surface area contributed by atoms with E-state index in [1.165, 1.54) is 11.8 Å². The second-order valence-electron chi connectivity index (χ2n) is 5.21. The number of thioether (sulfide) groups is 1. The maximum Gasteiger partial charge on any atom is 0.270 e. The monoisotopic (exact) mass is 415 g/mol. The van der Waals surface area contributed by atoms with Crippen LogP contribution in [0.15, 0.2) is 71.7 Å². The summed E-state index contributed by atoms with van der Waals surface area (Å²) in [6.07, 6.45) is 3.70. The molecule has 0 spiro atoms. The van der Waals surface area contributed by atoms with Gasteiger partial charge >= 0.3 is 0 Å². The standard InChI is InChI=1S/C19H14BrNOS2/c1-13-7-5-6-10-16(13)21-18(22)17(24-19(21)23)12-11-15(20)14-8-3-2-4-9-14/h2-12H,1H3. The Morgan fingerprint density at radius 3 is 2.50 bits per heavy atom. The quantitative estimate of drug-likeness (QED) is 0.474. The molecule has 0 atom stereocenters. The summed E-state index contributed by atoms with van der Waals surface area (Å²) in [5.41, 5.74) is 2.92. The van der Waals surface area contributed by atoms with Crippen molar-refractivity contribution >= 4 is 60.3 Å². The average molecular weight is 416 g/mol. The number of allylic oxidation sites excluding steroid dienone is 2. The summed E-state index contributed by atoms with van der Waals surface area (Å²) in [6.45, 7) is 1.98. The van der Waals surface area contributed by atoms with Gasteiger partial charge in [0.25, 0.3) is 5.91 Å². The van der Waals surface area contributed by atoms with Gasteiger partial charge in [0, 0.05) is 4.48 Å². The maximum atomic E-state index is 12.7. The highest BCUT2D eigenvalue weighted by Crippen LogP contribution is 2.36. The van der Waals surface area contributed by atoms with Crippen LogP contribution in [0.1, 0.15) is 11.1 Å². The van der Waals surface area contributed by atoms with Crippen LogP contribution in [0.2, 0.25) is 0 Å². The molecule has 2 nitrogen and oxygen atoms in total. The van der Waals surface area contributed by atoms with Crippen LogP contribution in [0, 0.1) is 6.92 Å². The maximum absolute atomic E-state index is 12.7. The molecule has 24 heavy (non-hydrogen) atoms. The Morgan fingerprint density at radius 1 is 1.12 bits per heavy atom. The first-order valence-corrected chi connectivity index (χ1v) is 9.34. The van der Waals surface area contributed by atoms with Crippen LogP contribution in [0.5, 0.6) is 0 Å². The zero-order valence-electron chi connectivity index (χ0n) is 12.9. The number of thiocarbonyl (C=S) groups is 1. The van der Waals surface area contributed by atoms with Crippen molar-refractivity contribution in [3.63, 3.8) is 0 Å². The van der Waals surface area contributed by atoms with Gasteiger partial charge in [-0.25, -0.2) is 0 Å². The molecule has 0 radical (unpaired) electrons. The van der Waals surface area contributed by atoms with Gasteiger partial charge in [-0.1, -0.05) is 88.4 Å². The van der Waals surface area contributed by atoms with Crippen molar-refractivity contribution in [2.45, 2.75) is 6.92 Å². The molecular formula is C19H14BrNOS2. The van der Waals surface area contributed by atoms with Gasteiger partial charge in [-0.15, -0.1) is 0 Å². The fourth-order valence-corrected chi connectivity index (χ4v) is 3.97. The molecule has 0 aromatic heterocycles. The third kappa shape index (κ3) is 3.53. The Kier molecular flexibility index (Phi) is 5.33. The van der Waals surface area contributed by atoms with Crippen molar-refractivity contribution in [1.82, 2.24) is 0 Å². The minimum Gasteiger partial charge on any atom is -0.268 e. The van der Waals surface area contributed by atoms with Crippen molar-refractivity contribution in [3.8, 4) is 0 Å². The molecule has 0 bridgehead atoms.